The van der Waals surface area contributed by atoms with Crippen molar-refractivity contribution in [2.45, 2.75) is 0 Å². The highest BCUT2D eigenvalue weighted by Gasteiger charge is 2.17. The highest BCUT2D eigenvalue weighted by Crippen LogP contribution is 2.40. The lowest BCUT2D eigenvalue weighted by Crippen LogP contribution is -2.00. The zero-order valence-corrected chi connectivity index (χ0v) is 27.8. The number of thiophene rings is 1. The molecule has 7 aromatic carbocycles. The lowest BCUT2D eigenvalue weighted by atomic mass is 10.00. The summed E-state index contributed by atoms with van der Waals surface area (Å²) in [6, 6.07) is 52.2. The van der Waals surface area contributed by atoms with E-state index < -0.39 is 0 Å². The summed E-state index contributed by atoms with van der Waals surface area (Å²) in [5.74, 6) is 1.87. The maximum atomic E-state index is 6.39. The summed E-state index contributed by atoms with van der Waals surface area (Å²) in [6.45, 7) is 0. The Bertz CT molecular complexity index is 3160. The van der Waals surface area contributed by atoms with E-state index in [1.54, 1.807) is 11.3 Å². The Morgan fingerprint density at radius 2 is 0.922 bits per heavy atom. The van der Waals surface area contributed by atoms with Crippen LogP contribution < -0.4 is 0 Å². The molecule has 4 aromatic heterocycles. The topological polar surface area (TPSA) is 65.0 Å². The number of furan rings is 2. The van der Waals surface area contributed by atoms with E-state index in [1.165, 1.54) is 20.2 Å². The van der Waals surface area contributed by atoms with E-state index in [-0.39, 0.29) is 0 Å². The van der Waals surface area contributed by atoms with E-state index >= 15 is 0 Å². The second kappa shape index (κ2) is 10.9. The summed E-state index contributed by atoms with van der Waals surface area (Å²) in [7, 11) is 0. The van der Waals surface area contributed by atoms with E-state index in [0.29, 0.717) is 17.5 Å². The van der Waals surface area contributed by atoms with Crippen LogP contribution in [0.5, 0.6) is 0 Å². The minimum atomic E-state index is 0.605. The zero-order valence-electron chi connectivity index (χ0n) is 27.0. The average molecular weight is 672 g/mol. The summed E-state index contributed by atoms with van der Waals surface area (Å²) in [5.41, 5.74) is 8.26. The molecule has 0 aliphatic rings. The monoisotopic (exact) mass is 671 g/mol. The second-order valence-corrected chi connectivity index (χ2v) is 13.9. The van der Waals surface area contributed by atoms with Gasteiger partial charge in [0.05, 0.1) is 0 Å². The van der Waals surface area contributed by atoms with Crippen LogP contribution in [0.3, 0.4) is 0 Å². The molecule has 0 saturated heterocycles. The molecule has 0 aliphatic carbocycles. The molecule has 0 radical (unpaired) electrons. The Morgan fingerprint density at radius 1 is 0.353 bits per heavy atom. The molecule has 0 unspecified atom stereocenters. The van der Waals surface area contributed by atoms with E-state index in [4.69, 9.17) is 23.8 Å². The molecule has 4 heterocycles. The Morgan fingerprint density at radius 3 is 1.73 bits per heavy atom. The molecule has 11 rings (SSSR count). The van der Waals surface area contributed by atoms with Crippen molar-refractivity contribution in [3.05, 3.63) is 152 Å². The molecule has 0 bridgehead atoms. The third kappa shape index (κ3) is 4.50. The molecule has 238 valence electrons. The summed E-state index contributed by atoms with van der Waals surface area (Å²) < 4.78 is 15.2. The van der Waals surface area contributed by atoms with Crippen LogP contribution in [0.2, 0.25) is 0 Å². The molecule has 11 aromatic rings. The molecule has 0 fully saturated rings. The first-order valence-electron chi connectivity index (χ1n) is 16.8. The second-order valence-electron chi connectivity index (χ2n) is 12.8. The zero-order chi connectivity index (χ0) is 33.5. The predicted octanol–water partition coefficient (Wildman–Crippen LogP) is 12.7. The normalized spacial score (nSPS) is 11.9. The van der Waals surface area contributed by atoms with Gasteiger partial charge in [-0.05, 0) is 66.2 Å². The van der Waals surface area contributed by atoms with Gasteiger partial charge in [-0.1, -0.05) is 91.0 Å². The van der Waals surface area contributed by atoms with Gasteiger partial charge in [-0.3, -0.25) is 0 Å². The van der Waals surface area contributed by atoms with Gasteiger partial charge in [-0.2, -0.15) is 0 Å². The van der Waals surface area contributed by atoms with Crippen LogP contribution >= 0.6 is 11.3 Å². The van der Waals surface area contributed by atoms with Crippen LogP contribution in [0.1, 0.15) is 0 Å². The smallest absolute Gasteiger partial charge is 0.164 e. The molecular formula is C45H25N3O2S. The summed E-state index contributed by atoms with van der Waals surface area (Å²) in [6.07, 6.45) is 0. The van der Waals surface area contributed by atoms with Crippen LogP contribution in [0.4, 0.5) is 0 Å². The first-order chi connectivity index (χ1) is 25.2. The van der Waals surface area contributed by atoms with Crippen molar-refractivity contribution in [2.75, 3.05) is 0 Å². The van der Waals surface area contributed by atoms with E-state index in [0.717, 1.165) is 71.7 Å². The van der Waals surface area contributed by atoms with E-state index in [1.807, 2.05) is 66.7 Å². The van der Waals surface area contributed by atoms with Gasteiger partial charge in [0, 0.05) is 64.0 Å². The van der Waals surface area contributed by atoms with Crippen LogP contribution in [0.15, 0.2) is 160 Å². The largest absolute Gasteiger partial charge is 0.456 e. The molecule has 0 N–H and O–H groups in total. The fraction of sp³-hybridized carbons (Fsp3) is 0. The van der Waals surface area contributed by atoms with Gasteiger partial charge in [-0.15, -0.1) is 11.3 Å². The minimum Gasteiger partial charge on any atom is -0.456 e. The van der Waals surface area contributed by atoms with Crippen LogP contribution in [-0.2, 0) is 0 Å². The predicted molar refractivity (Wildman–Crippen MR) is 209 cm³/mol. The number of aromatic nitrogens is 3. The number of hydrogen-bond donors (Lipinski definition) is 0. The maximum Gasteiger partial charge on any atom is 0.164 e. The summed E-state index contributed by atoms with van der Waals surface area (Å²) in [4.78, 5) is 15.1. The highest BCUT2D eigenvalue weighted by atomic mass is 32.1. The molecule has 5 nitrogen and oxygen atoms in total. The summed E-state index contributed by atoms with van der Waals surface area (Å²) >= 11 is 1.80. The molecule has 51 heavy (non-hydrogen) atoms. The lowest BCUT2D eigenvalue weighted by molar-refractivity contribution is 0.668. The van der Waals surface area contributed by atoms with Crippen LogP contribution in [0, 0.1) is 0 Å². The third-order valence-electron chi connectivity index (χ3n) is 9.75. The van der Waals surface area contributed by atoms with Crippen molar-refractivity contribution in [3.8, 4) is 45.3 Å². The lowest BCUT2D eigenvalue weighted by Gasteiger charge is -2.09. The van der Waals surface area contributed by atoms with Crippen LogP contribution in [0.25, 0.3) is 109 Å². The molecule has 6 heteroatoms. The molecule has 0 aliphatic heterocycles. The minimum absolute atomic E-state index is 0.605. The van der Waals surface area contributed by atoms with Crippen molar-refractivity contribution in [2.24, 2.45) is 0 Å². The van der Waals surface area contributed by atoms with Gasteiger partial charge < -0.3 is 8.83 Å². The molecular weight excluding hydrogens is 647 g/mol. The Hall–Kier alpha value is -6.63. The van der Waals surface area contributed by atoms with E-state index in [2.05, 4.69) is 84.9 Å². The number of hydrogen-bond acceptors (Lipinski definition) is 6. The van der Waals surface area contributed by atoms with Crippen molar-refractivity contribution in [1.82, 2.24) is 15.0 Å². The quantitative estimate of drug-likeness (QED) is 0.186. The number of benzene rings is 7. The van der Waals surface area contributed by atoms with Gasteiger partial charge >= 0.3 is 0 Å². The number of nitrogens with zero attached hydrogens (tertiary/aromatic N) is 3. The SMILES string of the molecule is c1ccc(-c2nc(-c3ccc4oc5ccc(-c6cccc7c6oc6ccccc67)cc5c4c3)nc(-c3ccc4sc5ccccc5c4c3)n2)cc1. The Balaban J connectivity index is 1.08. The fourth-order valence-corrected chi connectivity index (χ4v) is 8.36. The fourth-order valence-electron chi connectivity index (χ4n) is 7.27. The van der Waals surface area contributed by atoms with E-state index in [9.17, 15) is 0 Å². The van der Waals surface area contributed by atoms with Crippen LogP contribution in [-0.4, -0.2) is 15.0 Å². The number of para-hydroxylation sites is 2. The van der Waals surface area contributed by atoms with Gasteiger partial charge in [0.2, 0.25) is 0 Å². The van der Waals surface area contributed by atoms with Gasteiger partial charge in [0.25, 0.3) is 0 Å². The summed E-state index contributed by atoms with van der Waals surface area (Å²) in [5, 5.41) is 6.68. The van der Waals surface area contributed by atoms with Gasteiger partial charge in [0.1, 0.15) is 22.3 Å². The first-order valence-corrected chi connectivity index (χ1v) is 17.7. The van der Waals surface area contributed by atoms with Crippen molar-refractivity contribution in [3.63, 3.8) is 0 Å². The molecule has 0 atom stereocenters. The standard InChI is InChI=1S/C45H25N3O2S/c1-2-9-26(10-3-1)43-46-44(48-45(47-43)29-19-22-41-36(25-29)32-12-5-7-16-40(32)51-41)28-18-21-39-35(24-28)34-23-27(17-20-38(34)49-39)30-13-8-14-33-31-11-4-6-15-37(31)50-42(30)33/h1-25H. The van der Waals surface area contributed by atoms with Gasteiger partial charge in [0.15, 0.2) is 17.5 Å². The third-order valence-corrected chi connectivity index (χ3v) is 10.9. The molecule has 0 amide bonds. The molecule has 0 saturated carbocycles. The Kier molecular flexibility index (Phi) is 6.05. The number of fused-ring (bicyclic) bond motifs is 9. The molecule has 0 spiro atoms. The highest BCUT2D eigenvalue weighted by molar-refractivity contribution is 7.25. The average Bonchev–Trinajstić information content (AvgIpc) is 3.88. The van der Waals surface area contributed by atoms with Crippen molar-refractivity contribution >= 4 is 75.4 Å². The van der Waals surface area contributed by atoms with Crippen molar-refractivity contribution in [1.29, 1.82) is 0 Å². The first kappa shape index (κ1) is 28.2. The maximum absolute atomic E-state index is 6.39. The van der Waals surface area contributed by atoms with Crippen molar-refractivity contribution < 1.29 is 8.83 Å². The Labute approximate surface area is 295 Å². The van der Waals surface area contributed by atoms with Gasteiger partial charge in [-0.25, -0.2) is 15.0 Å². The number of rotatable bonds is 4.